The van der Waals surface area contributed by atoms with E-state index in [1.807, 2.05) is 30.3 Å². The maximum atomic E-state index is 14.8. The molecule has 3 aromatic carbocycles. The standard InChI is InChI=1S/C30H33BrFN3O4S/c1-40(38,39)35(26-17-15-24(31)16-18-26)21-29(36)34(20-23-11-5-8-14-27(23)32)28(19-22-9-3-2-4-10-22)30(37)33-25-12-6-7-13-25/h2-5,8-11,14-18,25,28H,6-7,12-13,19-21H2,1H3,(H,33,37)/t28-/m1/s1. The van der Waals surface area contributed by atoms with Gasteiger partial charge in [-0.15, -0.1) is 0 Å². The average Bonchev–Trinajstić information content (AvgIpc) is 3.44. The molecule has 0 aliphatic heterocycles. The number of amides is 2. The first kappa shape index (κ1) is 29.7. The zero-order valence-electron chi connectivity index (χ0n) is 22.3. The van der Waals surface area contributed by atoms with E-state index in [-0.39, 0.29) is 30.5 Å². The van der Waals surface area contributed by atoms with E-state index in [1.165, 1.54) is 11.0 Å². The van der Waals surface area contributed by atoms with E-state index in [0.717, 1.165) is 46.3 Å². The molecule has 0 unspecified atom stereocenters. The Balaban J connectivity index is 1.72. The van der Waals surface area contributed by atoms with Crippen molar-refractivity contribution in [2.24, 2.45) is 0 Å². The van der Waals surface area contributed by atoms with Crippen LogP contribution >= 0.6 is 15.9 Å². The SMILES string of the molecule is CS(=O)(=O)N(CC(=O)N(Cc1ccccc1F)[C@H](Cc1ccccc1)C(=O)NC1CCCC1)c1ccc(Br)cc1. The van der Waals surface area contributed by atoms with Gasteiger partial charge in [-0.1, -0.05) is 77.3 Å². The molecule has 1 N–H and O–H groups in total. The fourth-order valence-corrected chi connectivity index (χ4v) is 6.07. The Labute approximate surface area is 243 Å². The predicted molar refractivity (Wildman–Crippen MR) is 158 cm³/mol. The predicted octanol–water partition coefficient (Wildman–Crippen LogP) is 5.05. The van der Waals surface area contributed by atoms with Crippen LogP contribution in [-0.4, -0.2) is 50.0 Å². The van der Waals surface area contributed by atoms with E-state index in [9.17, 15) is 22.4 Å². The Bertz CT molecular complexity index is 1410. The van der Waals surface area contributed by atoms with Crippen LogP contribution in [0.1, 0.15) is 36.8 Å². The maximum absolute atomic E-state index is 14.8. The van der Waals surface area contributed by atoms with Crippen LogP contribution in [0.25, 0.3) is 0 Å². The number of rotatable bonds is 11. The highest BCUT2D eigenvalue weighted by Crippen LogP contribution is 2.24. The lowest BCUT2D eigenvalue weighted by Crippen LogP contribution is -2.54. The lowest BCUT2D eigenvalue weighted by atomic mass is 10.0. The number of benzene rings is 3. The highest BCUT2D eigenvalue weighted by molar-refractivity contribution is 9.10. The van der Waals surface area contributed by atoms with Crippen molar-refractivity contribution >= 4 is 43.5 Å². The lowest BCUT2D eigenvalue weighted by molar-refractivity contribution is -0.140. The van der Waals surface area contributed by atoms with Gasteiger partial charge >= 0.3 is 0 Å². The Hall–Kier alpha value is -3.24. The van der Waals surface area contributed by atoms with Gasteiger partial charge in [0.25, 0.3) is 0 Å². The van der Waals surface area contributed by atoms with Crippen molar-refractivity contribution in [2.75, 3.05) is 17.1 Å². The van der Waals surface area contributed by atoms with E-state index in [4.69, 9.17) is 0 Å². The molecule has 4 rings (SSSR count). The molecule has 0 saturated heterocycles. The van der Waals surface area contributed by atoms with Crippen LogP contribution in [0.2, 0.25) is 0 Å². The van der Waals surface area contributed by atoms with Gasteiger partial charge in [-0.2, -0.15) is 0 Å². The Morgan fingerprint density at radius 3 is 2.23 bits per heavy atom. The second-order valence-electron chi connectivity index (χ2n) is 10.1. The molecule has 7 nitrogen and oxygen atoms in total. The smallest absolute Gasteiger partial charge is 0.244 e. The van der Waals surface area contributed by atoms with E-state index >= 15 is 0 Å². The molecule has 1 atom stereocenters. The van der Waals surface area contributed by atoms with E-state index in [0.29, 0.717) is 5.69 Å². The van der Waals surface area contributed by atoms with Crippen LogP contribution in [0.4, 0.5) is 10.1 Å². The first-order valence-corrected chi connectivity index (χ1v) is 15.9. The van der Waals surface area contributed by atoms with E-state index in [2.05, 4.69) is 21.2 Å². The number of carbonyl (C=O) groups is 2. The molecule has 0 spiro atoms. The molecule has 3 aromatic rings. The van der Waals surface area contributed by atoms with Crippen molar-refractivity contribution < 1.29 is 22.4 Å². The Morgan fingerprint density at radius 2 is 1.60 bits per heavy atom. The van der Waals surface area contributed by atoms with E-state index < -0.39 is 34.3 Å². The molecule has 0 heterocycles. The van der Waals surface area contributed by atoms with Crippen molar-refractivity contribution in [3.63, 3.8) is 0 Å². The van der Waals surface area contributed by atoms with Crippen LogP contribution in [-0.2, 0) is 32.6 Å². The van der Waals surface area contributed by atoms with Gasteiger partial charge in [0.15, 0.2) is 0 Å². The molecule has 1 aliphatic carbocycles. The number of anilines is 1. The van der Waals surface area contributed by atoms with Gasteiger partial charge in [0.2, 0.25) is 21.8 Å². The van der Waals surface area contributed by atoms with Crippen LogP contribution in [0.3, 0.4) is 0 Å². The van der Waals surface area contributed by atoms with Crippen molar-refractivity contribution in [1.29, 1.82) is 0 Å². The minimum Gasteiger partial charge on any atom is -0.352 e. The molecule has 1 aliphatic rings. The van der Waals surface area contributed by atoms with Gasteiger partial charge in [-0.05, 0) is 48.7 Å². The average molecular weight is 631 g/mol. The largest absolute Gasteiger partial charge is 0.352 e. The van der Waals surface area contributed by atoms with Crippen molar-refractivity contribution in [3.8, 4) is 0 Å². The molecule has 1 fully saturated rings. The molecule has 0 radical (unpaired) electrons. The molecular formula is C30H33BrFN3O4S. The summed E-state index contributed by atoms with van der Waals surface area (Å²) in [4.78, 5) is 29.1. The summed E-state index contributed by atoms with van der Waals surface area (Å²) >= 11 is 3.34. The number of sulfonamides is 1. The molecule has 40 heavy (non-hydrogen) atoms. The second kappa shape index (κ2) is 13.4. The molecule has 0 aromatic heterocycles. The van der Waals surface area contributed by atoms with Crippen molar-refractivity contribution in [2.45, 2.75) is 50.7 Å². The van der Waals surface area contributed by atoms with Crippen molar-refractivity contribution in [1.82, 2.24) is 10.2 Å². The number of hydrogen-bond acceptors (Lipinski definition) is 4. The molecule has 10 heteroatoms. The van der Waals surface area contributed by atoms with Gasteiger partial charge < -0.3 is 10.2 Å². The first-order chi connectivity index (χ1) is 19.1. The van der Waals surface area contributed by atoms with Gasteiger partial charge in [0, 0.05) is 29.0 Å². The molecule has 0 bridgehead atoms. The van der Waals surface area contributed by atoms with Gasteiger partial charge in [-0.3, -0.25) is 13.9 Å². The summed E-state index contributed by atoms with van der Waals surface area (Å²) in [7, 11) is -3.87. The summed E-state index contributed by atoms with van der Waals surface area (Å²) in [5.41, 5.74) is 1.37. The normalized spacial score (nSPS) is 14.5. The van der Waals surface area contributed by atoms with E-state index in [1.54, 1.807) is 42.5 Å². The number of carbonyl (C=O) groups excluding carboxylic acids is 2. The summed E-state index contributed by atoms with van der Waals surface area (Å²) in [5, 5.41) is 3.09. The van der Waals surface area contributed by atoms with Crippen LogP contribution in [0.15, 0.2) is 83.3 Å². The topological polar surface area (TPSA) is 86.8 Å². The minimum atomic E-state index is -3.87. The highest BCUT2D eigenvalue weighted by atomic mass is 79.9. The fourth-order valence-electron chi connectivity index (χ4n) is 4.95. The monoisotopic (exact) mass is 629 g/mol. The minimum absolute atomic E-state index is 0.00599. The molecule has 1 saturated carbocycles. The number of nitrogens with one attached hydrogen (secondary N) is 1. The third-order valence-electron chi connectivity index (χ3n) is 7.06. The van der Waals surface area contributed by atoms with Crippen molar-refractivity contribution in [3.05, 3.63) is 100 Å². The summed E-state index contributed by atoms with van der Waals surface area (Å²) in [6.45, 7) is -0.740. The quantitative estimate of drug-likeness (QED) is 0.321. The summed E-state index contributed by atoms with van der Waals surface area (Å²) in [5.74, 6) is -1.46. The zero-order valence-corrected chi connectivity index (χ0v) is 24.7. The highest BCUT2D eigenvalue weighted by Gasteiger charge is 2.34. The Kier molecular flexibility index (Phi) is 9.97. The third kappa shape index (κ3) is 7.91. The molecular weight excluding hydrogens is 597 g/mol. The zero-order chi connectivity index (χ0) is 28.7. The van der Waals surface area contributed by atoms with Crippen LogP contribution in [0, 0.1) is 5.82 Å². The summed E-state index contributed by atoms with van der Waals surface area (Å²) in [6.07, 6.45) is 4.97. The lowest BCUT2D eigenvalue weighted by Gasteiger charge is -2.34. The maximum Gasteiger partial charge on any atom is 0.244 e. The fraction of sp³-hybridized carbons (Fsp3) is 0.333. The Morgan fingerprint density at radius 1 is 0.975 bits per heavy atom. The van der Waals surface area contributed by atoms with Gasteiger partial charge in [-0.25, -0.2) is 12.8 Å². The summed E-state index contributed by atoms with van der Waals surface area (Å²) in [6, 6.07) is 20.9. The number of halogens is 2. The summed E-state index contributed by atoms with van der Waals surface area (Å²) < 4.78 is 42.2. The third-order valence-corrected chi connectivity index (χ3v) is 8.73. The first-order valence-electron chi connectivity index (χ1n) is 13.2. The second-order valence-corrected chi connectivity index (χ2v) is 12.9. The molecule has 212 valence electrons. The number of hydrogen-bond donors (Lipinski definition) is 1. The number of nitrogens with zero attached hydrogens (tertiary/aromatic N) is 2. The van der Waals surface area contributed by atoms with Crippen LogP contribution in [0.5, 0.6) is 0 Å². The molecule has 2 amide bonds. The van der Waals surface area contributed by atoms with Gasteiger partial charge in [0.1, 0.15) is 18.4 Å². The van der Waals surface area contributed by atoms with Gasteiger partial charge in [0.05, 0.1) is 11.9 Å². The van der Waals surface area contributed by atoms with Crippen LogP contribution < -0.4 is 9.62 Å².